The molecule has 0 heterocycles. The molecule has 0 aromatic heterocycles. The number of ether oxygens (including phenoxy) is 2. The number of hydrogen-bond acceptors (Lipinski definition) is 6. The lowest BCUT2D eigenvalue weighted by molar-refractivity contribution is -0.148. The molecule has 2 atom stereocenters. The Labute approximate surface area is 296 Å². The van der Waals surface area contributed by atoms with Crippen molar-refractivity contribution in [1.82, 2.24) is 0 Å². The fourth-order valence-corrected chi connectivity index (χ4v) is 6.05. The summed E-state index contributed by atoms with van der Waals surface area (Å²) in [5.41, 5.74) is -1.39. The zero-order chi connectivity index (χ0) is 38.1. The average molecular weight is 748 g/mol. The van der Waals surface area contributed by atoms with E-state index < -0.39 is 51.1 Å². The zero-order valence-electron chi connectivity index (χ0n) is 29.0. The van der Waals surface area contributed by atoms with E-state index in [4.69, 9.17) is 14.0 Å². The standard InChI is InChI=1S/C19H17F6NO3.C18H30O3S/c1-28-13-7-3-11(4-8-13)15(18(20,21)22)17(26-27)16(19(23,24)25)12-5-9-14(29-2)10-6-12;1-2-3-4-5-6-7-8-9-10-11-12-17-13-15-18(16-14-17)22(19,20)21/h3-10,15-16,27H,1-2H3;13-16H,2-12H2,1H3,(H,19,20,21). The van der Waals surface area contributed by atoms with Crippen LogP contribution in [0, 0.1) is 0 Å². The van der Waals surface area contributed by atoms with E-state index in [0.29, 0.717) is 0 Å². The van der Waals surface area contributed by atoms with Crippen molar-refractivity contribution >= 4 is 15.8 Å². The molecule has 0 fully saturated rings. The topological polar surface area (TPSA) is 105 Å². The average Bonchev–Trinajstić information content (AvgIpc) is 3.08. The van der Waals surface area contributed by atoms with Crippen molar-refractivity contribution in [2.75, 3.05) is 14.2 Å². The minimum atomic E-state index is -5.15. The van der Waals surface area contributed by atoms with Crippen LogP contribution in [0.1, 0.15) is 99.7 Å². The highest BCUT2D eigenvalue weighted by atomic mass is 32.2. The van der Waals surface area contributed by atoms with E-state index in [9.17, 15) is 40.0 Å². The Balaban J connectivity index is 0.000000368. The number of aryl methyl sites for hydroxylation is 1. The lowest BCUT2D eigenvalue weighted by Crippen LogP contribution is -2.38. The Morgan fingerprint density at radius 2 is 1.02 bits per heavy atom. The van der Waals surface area contributed by atoms with E-state index in [2.05, 4.69) is 12.1 Å². The molecule has 0 aliphatic rings. The van der Waals surface area contributed by atoms with Gasteiger partial charge in [-0.05, 0) is 65.9 Å². The van der Waals surface area contributed by atoms with Gasteiger partial charge in [-0.2, -0.15) is 34.8 Å². The molecule has 14 heteroatoms. The van der Waals surface area contributed by atoms with E-state index in [1.807, 2.05) is 0 Å². The van der Waals surface area contributed by atoms with Gasteiger partial charge in [0, 0.05) is 0 Å². The van der Waals surface area contributed by atoms with Crippen molar-refractivity contribution in [3.8, 4) is 11.5 Å². The van der Waals surface area contributed by atoms with Crippen LogP contribution in [0.15, 0.2) is 82.8 Å². The molecule has 0 radical (unpaired) electrons. The summed E-state index contributed by atoms with van der Waals surface area (Å²) in [6.45, 7) is 2.25. The van der Waals surface area contributed by atoms with Crippen LogP contribution in [-0.2, 0) is 16.5 Å². The first kappa shape index (κ1) is 43.4. The van der Waals surface area contributed by atoms with Gasteiger partial charge < -0.3 is 14.7 Å². The highest BCUT2D eigenvalue weighted by Gasteiger charge is 2.54. The lowest BCUT2D eigenvalue weighted by atomic mass is 9.82. The van der Waals surface area contributed by atoms with Crippen molar-refractivity contribution in [3.63, 3.8) is 0 Å². The van der Waals surface area contributed by atoms with E-state index in [0.717, 1.165) is 42.7 Å². The van der Waals surface area contributed by atoms with Crippen LogP contribution in [0.4, 0.5) is 26.3 Å². The predicted octanol–water partition coefficient (Wildman–Crippen LogP) is 10.9. The molecule has 284 valence electrons. The molecule has 3 aromatic carbocycles. The summed E-state index contributed by atoms with van der Waals surface area (Å²) in [7, 11) is -1.48. The largest absolute Gasteiger partial charge is 0.497 e. The van der Waals surface area contributed by atoms with Crippen LogP contribution in [0.25, 0.3) is 0 Å². The smallest absolute Gasteiger partial charge is 0.401 e. The van der Waals surface area contributed by atoms with E-state index in [-0.39, 0.29) is 16.4 Å². The van der Waals surface area contributed by atoms with Crippen molar-refractivity contribution in [2.45, 2.75) is 107 Å². The van der Waals surface area contributed by atoms with Crippen LogP contribution in [0.5, 0.6) is 11.5 Å². The third kappa shape index (κ3) is 14.8. The van der Waals surface area contributed by atoms with Crippen LogP contribution < -0.4 is 9.47 Å². The van der Waals surface area contributed by atoms with Gasteiger partial charge in [0.05, 0.1) is 24.8 Å². The fraction of sp³-hybridized carbons (Fsp3) is 0.486. The van der Waals surface area contributed by atoms with Crippen molar-refractivity contribution in [1.29, 1.82) is 0 Å². The van der Waals surface area contributed by atoms with Gasteiger partial charge in [-0.3, -0.25) is 4.55 Å². The summed E-state index contributed by atoms with van der Waals surface area (Å²) in [6.07, 6.45) is 3.84. The lowest BCUT2D eigenvalue weighted by Gasteiger charge is -2.29. The molecule has 0 bridgehead atoms. The summed E-state index contributed by atoms with van der Waals surface area (Å²) in [5.74, 6) is -5.13. The van der Waals surface area contributed by atoms with Crippen molar-refractivity contribution in [2.24, 2.45) is 5.16 Å². The molecular weight excluding hydrogens is 700 g/mol. The number of oxime groups is 1. The molecule has 0 saturated heterocycles. The molecule has 2 unspecified atom stereocenters. The van der Waals surface area contributed by atoms with E-state index in [1.54, 1.807) is 12.1 Å². The molecule has 3 aromatic rings. The number of benzene rings is 3. The SMILES string of the molecule is CCCCCCCCCCCCc1ccc(S(=O)(=O)O)cc1.COc1ccc(C(C(=NO)C(c2ccc(OC)cc2)C(F)(F)F)C(F)(F)F)cc1. The molecule has 7 nitrogen and oxygen atoms in total. The Morgan fingerprint density at radius 3 is 1.33 bits per heavy atom. The van der Waals surface area contributed by atoms with Gasteiger partial charge in [-0.1, -0.05) is 106 Å². The van der Waals surface area contributed by atoms with Crippen molar-refractivity contribution in [3.05, 3.63) is 89.5 Å². The summed E-state index contributed by atoms with van der Waals surface area (Å²) >= 11 is 0. The number of halogens is 6. The number of unbranched alkanes of at least 4 members (excludes halogenated alkanes) is 9. The van der Waals surface area contributed by atoms with Gasteiger partial charge >= 0.3 is 12.4 Å². The first-order valence-corrected chi connectivity index (χ1v) is 18.2. The molecule has 51 heavy (non-hydrogen) atoms. The molecule has 0 aliphatic carbocycles. The molecule has 0 spiro atoms. The highest BCUT2D eigenvalue weighted by Crippen LogP contribution is 2.46. The second-order valence-corrected chi connectivity index (χ2v) is 13.5. The Hall–Kier alpha value is -3.78. The number of alkyl halides is 6. The van der Waals surface area contributed by atoms with Gasteiger partial charge in [-0.15, -0.1) is 0 Å². The third-order valence-electron chi connectivity index (χ3n) is 8.30. The maximum Gasteiger partial charge on any atom is 0.401 e. The second kappa shape index (κ2) is 20.9. The van der Waals surface area contributed by atoms with Gasteiger partial charge in [0.2, 0.25) is 0 Å². The highest BCUT2D eigenvalue weighted by molar-refractivity contribution is 7.85. The zero-order valence-corrected chi connectivity index (χ0v) is 29.8. The first-order valence-electron chi connectivity index (χ1n) is 16.8. The normalized spacial score (nSPS) is 13.1. The summed E-state index contributed by atoms with van der Waals surface area (Å²) < 4.78 is 123. The summed E-state index contributed by atoms with van der Waals surface area (Å²) in [6, 6.07) is 15.1. The minimum Gasteiger partial charge on any atom is -0.497 e. The molecule has 0 amide bonds. The number of rotatable bonds is 18. The number of methoxy groups -OCH3 is 2. The van der Waals surface area contributed by atoms with Gasteiger partial charge in [-0.25, -0.2) is 0 Å². The minimum absolute atomic E-state index is 0.0284. The van der Waals surface area contributed by atoms with Gasteiger partial charge in [0.1, 0.15) is 23.3 Å². The second-order valence-electron chi connectivity index (χ2n) is 12.1. The Kier molecular flexibility index (Phi) is 17.8. The quantitative estimate of drug-likeness (QED) is 0.0335. The third-order valence-corrected chi connectivity index (χ3v) is 9.17. The monoisotopic (exact) mass is 747 g/mol. The van der Waals surface area contributed by atoms with Crippen LogP contribution in [-0.4, -0.2) is 50.5 Å². The Morgan fingerprint density at radius 1 is 0.647 bits per heavy atom. The van der Waals surface area contributed by atoms with E-state index in [1.165, 1.54) is 108 Å². The predicted molar refractivity (Wildman–Crippen MR) is 185 cm³/mol. The fourth-order valence-electron chi connectivity index (χ4n) is 5.57. The summed E-state index contributed by atoms with van der Waals surface area (Å²) in [5, 5.41) is 11.7. The molecule has 0 aliphatic heterocycles. The molecule has 3 rings (SSSR count). The maximum absolute atomic E-state index is 13.8. The van der Waals surface area contributed by atoms with Gasteiger partial charge in [0.25, 0.3) is 10.1 Å². The number of hydrogen-bond donors (Lipinski definition) is 2. The molecule has 0 saturated carbocycles. The first-order chi connectivity index (χ1) is 24.1. The van der Waals surface area contributed by atoms with Gasteiger partial charge in [0.15, 0.2) is 0 Å². The van der Waals surface area contributed by atoms with Crippen LogP contribution in [0.2, 0.25) is 0 Å². The molecule has 2 N–H and O–H groups in total. The Bertz CT molecular complexity index is 1490. The van der Waals surface area contributed by atoms with E-state index >= 15 is 0 Å². The molecular formula is C37H47F6NO6S. The van der Waals surface area contributed by atoms with Crippen LogP contribution >= 0.6 is 0 Å². The number of nitrogens with zero attached hydrogens (tertiary/aromatic N) is 1. The van der Waals surface area contributed by atoms with Crippen LogP contribution in [0.3, 0.4) is 0 Å². The summed E-state index contributed by atoms with van der Waals surface area (Å²) in [4.78, 5) is -0.0284. The maximum atomic E-state index is 13.8. The van der Waals surface area contributed by atoms with Crippen molar-refractivity contribution < 1.29 is 54.0 Å².